The lowest BCUT2D eigenvalue weighted by molar-refractivity contribution is -0.118. The lowest BCUT2D eigenvalue weighted by atomic mass is 10.1. The highest BCUT2D eigenvalue weighted by Crippen LogP contribution is 2.22. The Bertz CT molecular complexity index is 1090. The summed E-state index contributed by atoms with van der Waals surface area (Å²) in [6.45, 7) is 0.566. The summed E-state index contributed by atoms with van der Waals surface area (Å²) in [7, 11) is 0. The summed E-state index contributed by atoms with van der Waals surface area (Å²) in [6.07, 6.45) is 2.86. The number of anilines is 2. The van der Waals surface area contributed by atoms with E-state index in [0.29, 0.717) is 13.0 Å². The normalized spacial score (nSPS) is 10.4. The van der Waals surface area contributed by atoms with Crippen molar-refractivity contribution in [3.8, 4) is 11.1 Å². The second-order valence-electron chi connectivity index (χ2n) is 8.06. The zero-order chi connectivity index (χ0) is 24.7. The van der Waals surface area contributed by atoms with Crippen LogP contribution in [0, 0.1) is 0 Å². The van der Waals surface area contributed by atoms with Gasteiger partial charge in [-0.3, -0.25) is 14.4 Å². The number of nitrogens with one attached hydrogen (secondary N) is 3. The van der Waals surface area contributed by atoms with Gasteiger partial charge >= 0.3 is 0 Å². The standard InChI is InChI=1S/C28H31N3O3S/c32-26(31-25-16-10-13-23(19-25)22-11-4-1-5-12-22)17-8-3-9-18-29-27(33)20-35-21-28(34)30-24-14-6-2-7-15-24/h1-2,4-7,10-16,19H,3,8-9,17-18,20-21H2,(H,29,33)(H,30,34)(H,31,32). The Morgan fingerprint density at radius 3 is 2.00 bits per heavy atom. The maximum atomic E-state index is 12.3. The predicted octanol–water partition coefficient (Wildman–Crippen LogP) is 5.34. The van der Waals surface area contributed by atoms with Gasteiger partial charge in [0.15, 0.2) is 0 Å². The molecule has 3 aromatic carbocycles. The van der Waals surface area contributed by atoms with Gasteiger partial charge in [0.1, 0.15) is 0 Å². The van der Waals surface area contributed by atoms with Crippen LogP contribution < -0.4 is 16.0 Å². The zero-order valence-electron chi connectivity index (χ0n) is 19.7. The number of hydrogen-bond acceptors (Lipinski definition) is 4. The number of amides is 3. The molecule has 0 saturated heterocycles. The van der Waals surface area contributed by atoms with E-state index in [-0.39, 0.29) is 29.2 Å². The molecule has 0 spiro atoms. The van der Waals surface area contributed by atoms with E-state index in [4.69, 9.17) is 0 Å². The van der Waals surface area contributed by atoms with Gasteiger partial charge in [-0.25, -0.2) is 0 Å². The fraction of sp³-hybridized carbons (Fsp3) is 0.250. The molecule has 0 bridgehead atoms. The first-order valence-electron chi connectivity index (χ1n) is 11.7. The van der Waals surface area contributed by atoms with Gasteiger partial charge in [-0.15, -0.1) is 11.8 Å². The third-order valence-corrected chi connectivity index (χ3v) is 6.11. The van der Waals surface area contributed by atoms with Crippen molar-refractivity contribution in [2.75, 3.05) is 28.7 Å². The number of para-hydroxylation sites is 1. The van der Waals surface area contributed by atoms with Gasteiger partial charge in [-0.05, 0) is 48.2 Å². The molecule has 0 atom stereocenters. The van der Waals surface area contributed by atoms with E-state index in [1.165, 1.54) is 11.8 Å². The first kappa shape index (κ1) is 26.0. The van der Waals surface area contributed by atoms with Gasteiger partial charge in [0.2, 0.25) is 17.7 Å². The third kappa shape index (κ3) is 10.1. The van der Waals surface area contributed by atoms with E-state index in [2.05, 4.69) is 16.0 Å². The SMILES string of the molecule is O=C(CSCC(=O)Nc1ccccc1)NCCCCCC(=O)Nc1cccc(-c2ccccc2)c1. The molecular weight excluding hydrogens is 458 g/mol. The highest BCUT2D eigenvalue weighted by molar-refractivity contribution is 8.00. The maximum absolute atomic E-state index is 12.3. The molecular formula is C28H31N3O3S. The first-order valence-corrected chi connectivity index (χ1v) is 12.9. The molecule has 0 aliphatic rings. The van der Waals surface area contributed by atoms with Gasteiger partial charge in [-0.2, -0.15) is 0 Å². The Hall–Kier alpha value is -3.58. The fourth-order valence-electron chi connectivity index (χ4n) is 3.45. The number of thioether (sulfide) groups is 1. The molecule has 0 radical (unpaired) electrons. The highest BCUT2D eigenvalue weighted by Gasteiger charge is 2.07. The second-order valence-corrected chi connectivity index (χ2v) is 9.05. The van der Waals surface area contributed by atoms with E-state index < -0.39 is 0 Å². The minimum Gasteiger partial charge on any atom is -0.355 e. The van der Waals surface area contributed by atoms with Crippen molar-refractivity contribution >= 4 is 40.9 Å². The Labute approximate surface area is 210 Å². The molecule has 3 rings (SSSR count). The molecule has 35 heavy (non-hydrogen) atoms. The predicted molar refractivity (Wildman–Crippen MR) is 144 cm³/mol. The molecule has 182 valence electrons. The Morgan fingerprint density at radius 2 is 1.23 bits per heavy atom. The van der Waals surface area contributed by atoms with Crippen LogP contribution in [0.25, 0.3) is 11.1 Å². The average Bonchev–Trinajstić information content (AvgIpc) is 2.87. The van der Waals surface area contributed by atoms with E-state index in [1.54, 1.807) is 0 Å². The Morgan fingerprint density at radius 1 is 0.600 bits per heavy atom. The molecule has 3 amide bonds. The number of rotatable bonds is 13. The van der Waals surface area contributed by atoms with Crippen molar-refractivity contribution in [2.45, 2.75) is 25.7 Å². The van der Waals surface area contributed by atoms with Gasteiger partial charge in [-0.1, -0.05) is 67.1 Å². The van der Waals surface area contributed by atoms with Crippen molar-refractivity contribution in [1.29, 1.82) is 0 Å². The molecule has 7 heteroatoms. The summed E-state index contributed by atoms with van der Waals surface area (Å²) in [4.78, 5) is 36.1. The molecule has 3 N–H and O–H groups in total. The van der Waals surface area contributed by atoms with Crippen molar-refractivity contribution in [1.82, 2.24) is 5.32 Å². The lowest BCUT2D eigenvalue weighted by Crippen LogP contribution is -2.27. The molecule has 0 aliphatic carbocycles. The van der Waals surface area contributed by atoms with Crippen LogP contribution in [0.5, 0.6) is 0 Å². The Kier molecular flexibility index (Phi) is 10.9. The summed E-state index contributed by atoms with van der Waals surface area (Å²) in [6, 6.07) is 27.1. The quantitative estimate of drug-likeness (QED) is 0.283. The van der Waals surface area contributed by atoms with Crippen LogP contribution in [0.15, 0.2) is 84.9 Å². The van der Waals surface area contributed by atoms with E-state index in [0.717, 1.165) is 41.8 Å². The summed E-state index contributed by atoms with van der Waals surface area (Å²) in [5.74, 6) is 0.250. The molecule has 0 saturated carbocycles. The highest BCUT2D eigenvalue weighted by atomic mass is 32.2. The summed E-state index contributed by atoms with van der Waals surface area (Å²) >= 11 is 1.28. The van der Waals surface area contributed by atoms with Gasteiger partial charge in [0.05, 0.1) is 11.5 Å². The van der Waals surface area contributed by atoms with Crippen molar-refractivity contribution in [3.63, 3.8) is 0 Å². The smallest absolute Gasteiger partial charge is 0.234 e. The molecule has 3 aromatic rings. The number of benzene rings is 3. The number of hydrogen-bond donors (Lipinski definition) is 3. The molecule has 0 aliphatic heterocycles. The summed E-state index contributed by atoms with van der Waals surface area (Å²) in [5.41, 5.74) is 3.71. The van der Waals surface area contributed by atoms with E-state index >= 15 is 0 Å². The van der Waals surface area contributed by atoms with Crippen molar-refractivity contribution < 1.29 is 14.4 Å². The topological polar surface area (TPSA) is 87.3 Å². The monoisotopic (exact) mass is 489 g/mol. The van der Waals surface area contributed by atoms with Crippen LogP contribution in [-0.4, -0.2) is 35.8 Å². The largest absolute Gasteiger partial charge is 0.355 e. The Balaban J connectivity index is 1.22. The number of unbranched alkanes of at least 4 members (excludes halogenated alkanes) is 2. The summed E-state index contributed by atoms with van der Waals surface area (Å²) < 4.78 is 0. The van der Waals surface area contributed by atoms with Gasteiger partial charge in [0, 0.05) is 24.3 Å². The van der Waals surface area contributed by atoms with Crippen LogP contribution in [0.2, 0.25) is 0 Å². The van der Waals surface area contributed by atoms with Gasteiger partial charge < -0.3 is 16.0 Å². The maximum Gasteiger partial charge on any atom is 0.234 e. The van der Waals surface area contributed by atoms with Crippen molar-refractivity contribution in [2.24, 2.45) is 0 Å². The molecule has 6 nitrogen and oxygen atoms in total. The van der Waals surface area contributed by atoms with Crippen LogP contribution >= 0.6 is 11.8 Å². The minimum atomic E-state index is -0.126. The zero-order valence-corrected chi connectivity index (χ0v) is 20.5. The fourth-order valence-corrected chi connectivity index (χ4v) is 4.10. The van der Waals surface area contributed by atoms with Crippen LogP contribution in [0.3, 0.4) is 0 Å². The average molecular weight is 490 g/mol. The van der Waals surface area contributed by atoms with Crippen molar-refractivity contribution in [3.05, 3.63) is 84.9 Å². The summed E-state index contributed by atoms with van der Waals surface area (Å²) in [5, 5.41) is 8.62. The van der Waals surface area contributed by atoms with Crippen LogP contribution in [0.4, 0.5) is 11.4 Å². The minimum absolute atomic E-state index is 0.00979. The molecule has 0 unspecified atom stereocenters. The van der Waals surface area contributed by atoms with E-state index in [1.807, 2.05) is 84.9 Å². The van der Waals surface area contributed by atoms with Gasteiger partial charge in [0.25, 0.3) is 0 Å². The molecule has 0 aromatic heterocycles. The number of carbonyl (C=O) groups is 3. The first-order chi connectivity index (χ1) is 17.1. The van der Waals surface area contributed by atoms with E-state index in [9.17, 15) is 14.4 Å². The third-order valence-electron chi connectivity index (χ3n) is 5.18. The molecule has 0 fully saturated rings. The van der Waals surface area contributed by atoms with Crippen LogP contribution in [-0.2, 0) is 14.4 Å². The molecule has 0 heterocycles. The number of carbonyl (C=O) groups excluding carboxylic acids is 3. The van der Waals surface area contributed by atoms with Crippen LogP contribution in [0.1, 0.15) is 25.7 Å². The second kappa shape index (κ2) is 14.6. The lowest BCUT2D eigenvalue weighted by Gasteiger charge is -2.08.